The number of ether oxygens (including phenoxy) is 1. The van der Waals surface area contributed by atoms with Gasteiger partial charge in [0.15, 0.2) is 10.8 Å². The molecule has 2 heterocycles. The fourth-order valence-corrected chi connectivity index (χ4v) is 5.62. The average molecular weight is 563 g/mol. The summed E-state index contributed by atoms with van der Waals surface area (Å²) in [5.41, 5.74) is 1.11. The molecule has 2 aliphatic heterocycles. The van der Waals surface area contributed by atoms with Crippen molar-refractivity contribution in [2.45, 2.75) is 18.7 Å². The molecule has 2 aliphatic rings. The number of benzene rings is 3. The number of carbonyl (C=O) groups excluding carboxylic acids is 1. The third-order valence-electron chi connectivity index (χ3n) is 5.92. The second-order valence-corrected chi connectivity index (χ2v) is 10.2. The van der Waals surface area contributed by atoms with Crippen molar-refractivity contribution in [1.82, 2.24) is 5.32 Å². The van der Waals surface area contributed by atoms with Crippen molar-refractivity contribution in [3.05, 3.63) is 86.8 Å². The molecule has 1 amide bonds. The fourth-order valence-electron chi connectivity index (χ4n) is 4.51. The van der Waals surface area contributed by atoms with Crippen LogP contribution < -0.4 is 20.3 Å². The molecule has 0 aliphatic carbocycles. The molecule has 3 atom stereocenters. The van der Waals surface area contributed by atoms with Crippen LogP contribution in [0.15, 0.2) is 71.2 Å². The largest absolute Gasteiger partial charge is 0.467 e. The number of hydrogen-bond donors (Lipinski definition) is 2. The number of rotatable bonds is 3. The van der Waals surface area contributed by atoms with Gasteiger partial charge in [-0.15, -0.1) is 0 Å². The van der Waals surface area contributed by atoms with Gasteiger partial charge >= 0.3 is 0 Å². The standard InChI is InChI=1S/C24H18BrCl2N3O2S/c1-24-20(22(31)28-16-8-5-14(26)6-9-16)21(18-12-15(27)7-10-19(18)32-24)29-23(33)30(24)17-4-2-3-13(25)11-17/h2-12,20-21H,1H3,(H,28,31)(H,29,33)/t20-,21+,24+/m0/s1. The highest BCUT2D eigenvalue weighted by Gasteiger charge is 2.59. The molecule has 1 fully saturated rings. The van der Waals surface area contributed by atoms with Crippen molar-refractivity contribution in [2.24, 2.45) is 5.92 Å². The van der Waals surface area contributed by atoms with E-state index >= 15 is 0 Å². The minimum absolute atomic E-state index is 0.217. The lowest BCUT2D eigenvalue weighted by Gasteiger charge is -2.56. The van der Waals surface area contributed by atoms with Gasteiger partial charge in [-0.25, -0.2) is 0 Å². The number of nitrogens with one attached hydrogen (secondary N) is 2. The number of halogens is 3. The van der Waals surface area contributed by atoms with E-state index in [-0.39, 0.29) is 5.91 Å². The van der Waals surface area contributed by atoms with Crippen molar-refractivity contribution in [3.63, 3.8) is 0 Å². The van der Waals surface area contributed by atoms with Crippen LogP contribution in [0.5, 0.6) is 5.75 Å². The summed E-state index contributed by atoms with van der Waals surface area (Å²) in [4.78, 5) is 15.6. The van der Waals surface area contributed by atoms with Crippen LogP contribution in [0.2, 0.25) is 10.0 Å². The first-order valence-corrected chi connectivity index (χ1v) is 12.1. The highest BCUT2D eigenvalue weighted by molar-refractivity contribution is 9.10. The highest BCUT2D eigenvalue weighted by atomic mass is 79.9. The molecular weight excluding hydrogens is 545 g/mol. The number of amides is 1. The van der Waals surface area contributed by atoms with E-state index in [9.17, 15) is 4.79 Å². The SMILES string of the molecule is C[C@]12Oc3ccc(Cl)cc3[C@@H](NC(=S)N1c1cccc(Br)c1)[C@H]2C(=O)Nc1ccc(Cl)cc1. The van der Waals surface area contributed by atoms with Crippen LogP contribution in [0.25, 0.3) is 0 Å². The molecule has 3 aromatic carbocycles. The molecule has 0 spiro atoms. The molecule has 3 aromatic rings. The Kier molecular flexibility index (Phi) is 5.77. The molecular formula is C24H18BrCl2N3O2S. The molecule has 0 radical (unpaired) electrons. The Bertz CT molecular complexity index is 1270. The molecule has 2 N–H and O–H groups in total. The van der Waals surface area contributed by atoms with Gasteiger partial charge in [0.1, 0.15) is 11.7 Å². The summed E-state index contributed by atoms with van der Waals surface area (Å²) in [7, 11) is 0. The Morgan fingerprint density at radius 3 is 2.58 bits per heavy atom. The summed E-state index contributed by atoms with van der Waals surface area (Å²) >= 11 is 21.6. The maximum atomic E-state index is 13.7. The molecule has 9 heteroatoms. The average Bonchev–Trinajstić information content (AvgIpc) is 2.75. The second kappa shape index (κ2) is 8.47. The van der Waals surface area contributed by atoms with Crippen LogP contribution in [0.1, 0.15) is 18.5 Å². The Balaban J connectivity index is 1.63. The third-order valence-corrected chi connectivity index (χ3v) is 7.20. The minimum Gasteiger partial charge on any atom is -0.467 e. The Hall–Kier alpha value is -2.32. The van der Waals surface area contributed by atoms with E-state index in [2.05, 4.69) is 26.6 Å². The zero-order valence-corrected chi connectivity index (χ0v) is 21.2. The number of carbonyl (C=O) groups is 1. The fraction of sp³-hybridized carbons (Fsp3) is 0.167. The molecule has 2 bridgehead atoms. The second-order valence-electron chi connectivity index (χ2n) is 8.06. The summed E-state index contributed by atoms with van der Waals surface area (Å²) in [6.07, 6.45) is 0. The zero-order valence-electron chi connectivity index (χ0n) is 17.3. The van der Waals surface area contributed by atoms with Gasteiger partial charge in [0, 0.05) is 31.5 Å². The summed E-state index contributed by atoms with van der Waals surface area (Å²) < 4.78 is 7.44. The maximum Gasteiger partial charge on any atom is 0.236 e. The Labute approximate surface area is 215 Å². The number of anilines is 2. The van der Waals surface area contributed by atoms with Gasteiger partial charge in [-0.2, -0.15) is 0 Å². The topological polar surface area (TPSA) is 53.6 Å². The maximum absolute atomic E-state index is 13.7. The van der Waals surface area contributed by atoms with Gasteiger partial charge in [-0.1, -0.05) is 45.2 Å². The Morgan fingerprint density at radius 2 is 1.85 bits per heavy atom. The summed E-state index contributed by atoms with van der Waals surface area (Å²) in [6.45, 7) is 1.89. The molecule has 33 heavy (non-hydrogen) atoms. The number of nitrogens with zero attached hydrogens (tertiary/aromatic N) is 1. The molecule has 168 valence electrons. The lowest BCUT2D eigenvalue weighted by atomic mass is 9.78. The van der Waals surface area contributed by atoms with E-state index in [0.29, 0.717) is 26.6 Å². The Morgan fingerprint density at radius 1 is 1.12 bits per heavy atom. The lowest BCUT2D eigenvalue weighted by Crippen LogP contribution is -2.72. The molecule has 1 saturated heterocycles. The van der Waals surface area contributed by atoms with Crippen LogP contribution in [-0.2, 0) is 4.79 Å². The number of fused-ring (bicyclic) bond motifs is 4. The molecule has 0 saturated carbocycles. The van der Waals surface area contributed by atoms with Crippen molar-refractivity contribution in [3.8, 4) is 5.75 Å². The van der Waals surface area contributed by atoms with Crippen LogP contribution >= 0.6 is 51.3 Å². The quantitative estimate of drug-likeness (QED) is 0.354. The summed E-state index contributed by atoms with van der Waals surface area (Å²) in [5, 5.41) is 7.99. The van der Waals surface area contributed by atoms with Crippen molar-refractivity contribution < 1.29 is 9.53 Å². The first-order chi connectivity index (χ1) is 15.8. The van der Waals surface area contributed by atoms with Crippen molar-refractivity contribution >= 4 is 73.7 Å². The van der Waals surface area contributed by atoms with Crippen LogP contribution in [0.3, 0.4) is 0 Å². The van der Waals surface area contributed by atoms with E-state index in [1.807, 2.05) is 48.2 Å². The van der Waals surface area contributed by atoms with E-state index in [4.69, 9.17) is 40.2 Å². The minimum atomic E-state index is -1.11. The van der Waals surface area contributed by atoms with Crippen LogP contribution in [-0.4, -0.2) is 16.7 Å². The van der Waals surface area contributed by atoms with E-state index in [0.717, 1.165) is 15.7 Å². The van der Waals surface area contributed by atoms with E-state index in [1.165, 1.54) is 0 Å². The normalized spacial score (nSPS) is 23.3. The van der Waals surface area contributed by atoms with Crippen molar-refractivity contribution in [2.75, 3.05) is 10.2 Å². The smallest absolute Gasteiger partial charge is 0.236 e. The van der Waals surface area contributed by atoms with Gasteiger partial charge in [0.2, 0.25) is 5.91 Å². The van der Waals surface area contributed by atoms with E-state index < -0.39 is 17.7 Å². The van der Waals surface area contributed by atoms with Gasteiger partial charge in [-0.05, 0) is 79.8 Å². The predicted octanol–water partition coefficient (Wildman–Crippen LogP) is 6.56. The monoisotopic (exact) mass is 561 g/mol. The van der Waals surface area contributed by atoms with Gasteiger partial charge in [0.05, 0.1) is 6.04 Å². The van der Waals surface area contributed by atoms with Crippen LogP contribution in [0, 0.1) is 5.92 Å². The molecule has 0 aromatic heterocycles. The third kappa shape index (κ3) is 3.97. The molecule has 5 rings (SSSR count). The highest BCUT2D eigenvalue weighted by Crippen LogP contribution is 2.50. The number of thiocarbonyl (C=S) groups is 1. The molecule has 0 unspecified atom stereocenters. The number of hydrogen-bond acceptors (Lipinski definition) is 3. The molecule has 5 nitrogen and oxygen atoms in total. The van der Waals surface area contributed by atoms with Crippen molar-refractivity contribution in [1.29, 1.82) is 0 Å². The van der Waals surface area contributed by atoms with Gasteiger partial charge in [0.25, 0.3) is 0 Å². The lowest BCUT2D eigenvalue weighted by molar-refractivity contribution is -0.130. The predicted molar refractivity (Wildman–Crippen MR) is 139 cm³/mol. The summed E-state index contributed by atoms with van der Waals surface area (Å²) in [6, 6.07) is 19.7. The zero-order chi connectivity index (χ0) is 23.3. The van der Waals surface area contributed by atoms with Gasteiger partial charge < -0.3 is 15.4 Å². The first kappa shape index (κ1) is 22.5. The van der Waals surface area contributed by atoms with Crippen LogP contribution in [0.4, 0.5) is 11.4 Å². The first-order valence-electron chi connectivity index (χ1n) is 10.2. The van der Waals surface area contributed by atoms with E-state index in [1.54, 1.807) is 30.3 Å². The van der Waals surface area contributed by atoms with Gasteiger partial charge in [-0.3, -0.25) is 9.69 Å². The summed E-state index contributed by atoms with van der Waals surface area (Å²) in [5.74, 6) is -0.229.